The molecule has 0 aliphatic carbocycles. The number of allylic oxidation sites excluding steroid dienone is 1. The molecule has 2 fully saturated rings. The van der Waals surface area contributed by atoms with Gasteiger partial charge in [-0.3, -0.25) is 9.69 Å². The molecule has 1 N–H and O–H groups in total. The van der Waals surface area contributed by atoms with Gasteiger partial charge < -0.3 is 15.0 Å². The van der Waals surface area contributed by atoms with Gasteiger partial charge in [-0.25, -0.2) is 9.18 Å². The molecule has 1 atom stereocenters. The molecule has 1 unspecified atom stereocenters. The van der Waals surface area contributed by atoms with E-state index >= 15 is 0 Å². The summed E-state index contributed by atoms with van der Waals surface area (Å²) in [5.74, 6) is -0.856. The molecule has 0 bridgehead atoms. The Morgan fingerprint density at radius 2 is 2.07 bits per heavy atom. The quantitative estimate of drug-likeness (QED) is 0.721. The Kier molecular flexibility index (Phi) is 6.87. The van der Waals surface area contributed by atoms with Gasteiger partial charge in [-0.2, -0.15) is 10.5 Å². The number of hydrogen-bond donors (Lipinski definition) is 1. The number of benzene rings is 1. The third-order valence-electron chi connectivity index (χ3n) is 5.11. The molecule has 0 saturated carbocycles. The Balaban J connectivity index is 1.60. The highest BCUT2D eigenvalue weighted by Crippen LogP contribution is 2.30. The number of nitrogens with one attached hydrogen (secondary N) is 1. The first kappa shape index (κ1) is 21.1. The Hall–Kier alpha value is -3.59. The van der Waals surface area contributed by atoms with Crippen LogP contribution in [-0.2, 0) is 9.53 Å². The molecule has 2 aliphatic rings. The first-order chi connectivity index (χ1) is 14.5. The number of piperidine rings is 1. The molecular weight excluding hydrogens is 389 g/mol. The molecule has 2 saturated heterocycles. The molecule has 3 rings (SSSR count). The van der Waals surface area contributed by atoms with E-state index in [2.05, 4.69) is 11.4 Å². The van der Waals surface area contributed by atoms with Crippen molar-refractivity contribution in [2.75, 3.05) is 36.0 Å². The van der Waals surface area contributed by atoms with Crippen molar-refractivity contribution in [3.8, 4) is 12.1 Å². The normalized spacial score (nSPS) is 18.4. The summed E-state index contributed by atoms with van der Waals surface area (Å²) in [5, 5.41) is 19.7. The second kappa shape index (κ2) is 9.75. The Morgan fingerprint density at radius 1 is 1.30 bits per heavy atom. The van der Waals surface area contributed by atoms with E-state index in [0.717, 1.165) is 12.8 Å². The zero-order valence-electron chi connectivity index (χ0n) is 16.4. The van der Waals surface area contributed by atoms with Crippen molar-refractivity contribution in [3.63, 3.8) is 0 Å². The van der Waals surface area contributed by atoms with Crippen LogP contribution in [0.5, 0.6) is 0 Å². The summed E-state index contributed by atoms with van der Waals surface area (Å²) in [7, 11) is 0. The molecular formula is C21H22FN5O3. The van der Waals surface area contributed by atoms with E-state index in [0.29, 0.717) is 30.9 Å². The molecule has 0 radical (unpaired) electrons. The molecule has 0 spiro atoms. The van der Waals surface area contributed by atoms with Gasteiger partial charge in [-0.05, 0) is 31.0 Å². The summed E-state index contributed by atoms with van der Waals surface area (Å²) < 4.78 is 20.0. The van der Waals surface area contributed by atoms with Gasteiger partial charge in [0, 0.05) is 13.1 Å². The number of nitriles is 2. The molecule has 0 aromatic heterocycles. The summed E-state index contributed by atoms with van der Waals surface area (Å²) >= 11 is 0. The highest BCUT2D eigenvalue weighted by Gasteiger charge is 2.33. The summed E-state index contributed by atoms with van der Waals surface area (Å²) in [6, 6.07) is 8.49. The van der Waals surface area contributed by atoms with Crippen LogP contribution in [0.1, 0.15) is 25.7 Å². The lowest BCUT2D eigenvalue weighted by molar-refractivity contribution is -0.120. The monoisotopic (exact) mass is 411 g/mol. The fourth-order valence-corrected chi connectivity index (χ4v) is 3.55. The lowest BCUT2D eigenvalue weighted by Crippen LogP contribution is -2.34. The van der Waals surface area contributed by atoms with Crippen LogP contribution in [-0.4, -0.2) is 44.3 Å². The number of amides is 2. The second-order valence-electron chi connectivity index (χ2n) is 7.10. The molecule has 2 amide bonds. The van der Waals surface area contributed by atoms with E-state index in [1.54, 1.807) is 18.2 Å². The third-order valence-corrected chi connectivity index (χ3v) is 5.11. The Labute approximate surface area is 174 Å². The molecule has 156 valence electrons. The van der Waals surface area contributed by atoms with E-state index in [1.807, 2.05) is 11.0 Å². The highest BCUT2D eigenvalue weighted by molar-refractivity contribution is 5.90. The predicted octanol–water partition coefficient (Wildman–Crippen LogP) is 2.62. The lowest BCUT2D eigenvalue weighted by Gasteiger charge is -2.31. The van der Waals surface area contributed by atoms with Gasteiger partial charge in [-0.1, -0.05) is 11.6 Å². The van der Waals surface area contributed by atoms with Gasteiger partial charge in [-0.15, -0.1) is 0 Å². The minimum Gasteiger partial charge on any atom is -0.442 e. The number of anilines is 2. The van der Waals surface area contributed by atoms with Crippen LogP contribution >= 0.6 is 0 Å². The highest BCUT2D eigenvalue weighted by atomic mass is 19.1. The van der Waals surface area contributed by atoms with Gasteiger partial charge in [0.05, 0.1) is 43.0 Å². The van der Waals surface area contributed by atoms with Crippen molar-refractivity contribution in [2.45, 2.75) is 31.8 Å². The van der Waals surface area contributed by atoms with Crippen LogP contribution in [0.15, 0.2) is 29.8 Å². The molecule has 8 nitrogen and oxygen atoms in total. The fourth-order valence-electron chi connectivity index (χ4n) is 3.55. The zero-order chi connectivity index (χ0) is 21.5. The third kappa shape index (κ3) is 5.06. The van der Waals surface area contributed by atoms with Crippen molar-refractivity contribution in [1.29, 1.82) is 10.5 Å². The SMILES string of the molecule is N#CCC=C1CCN(c2ccc(N3CC(CNC(=O)CC#N)OC3=O)cc2F)CC1. The van der Waals surface area contributed by atoms with E-state index in [-0.39, 0.29) is 19.5 Å². The maximum absolute atomic E-state index is 14.8. The predicted molar refractivity (Wildman–Crippen MR) is 107 cm³/mol. The average Bonchev–Trinajstić information content (AvgIpc) is 3.12. The summed E-state index contributed by atoms with van der Waals surface area (Å²) in [6.07, 6.45) is 2.49. The number of hydrogen-bond acceptors (Lipinski definition) is 6. The van der Waals surface area contributed by atoms with Gasteiger partial charge >= 0.3 is 6.09 Å². The van der Waals surface area contributed by atoms with Gasteiger partial charge in [0.2, 0.25) is 5.91 Å². The minimum absolute atomic E-state index is 0.0960. The number of ether oxygens (including phenoxy) is 1. The number of carbonyl (C=O) groups is 2. The molecule has 2 aliphatic heterocycles. The molecule has 1 aromatic carbocycles. The van der Waals surface area contributed by atoms with E-state index in [4.69, 9.17) is 15.3 Å². The summed E-state index contributed by atoms with van der Waals surface area (Å²) in [5.41, 5.74) is 2.09. The zero-order valence-corrected chi connectivity index (χ0v) is 16.4. The lowest BCUT2D eigenvalue weighted by atomic mass is 10.0. The van der Waals surface area contributed by atoms with Crippen LogP contribution < -0.4 is 15.1 Å². The van der Waals surface area contributed by atoms with Crippen LogP contribution in [0.3, 0.4) is 0 Å². The van der Waals surface area contributed by atoms with Crippen molar-refractivity contribution in [3.05, 3.63) is 35.7 Å². The fraction of sp³-hybridized carbons (Fsp3) is 0.429. The van der Waals surface area contributed by atoms with Gasteiger partial charge in [0.1, 0.15) is 18.3 Å². The van der Waals surface area contributed by atoms with Crippen LogP contribution in [0.2, 0.25) is 0 Å². The van der Waals surface area contributed by atoms with E-state index in [1.165, 1.54) is 16.5 Å². The first-order valence-corrected chi connectivity index (χ1v) is 9.73. The number of carbonyl (C=O) groups excluding carboxylic acids is 2. The molecule has 1 aromatic rings. The number of nitrogens with zero attached hydrogens (tertiary/aromatic N) is 4. The summed E-state index contributed by atoms with van der Waals surface area (Å²) in [4.78, 5) is 26.8. The minimum atomic E-state index is -0.605. The smallest absolute Gasteiger partial charge is 0.414 e. The van der Waals surface area contributed by atoms with Crippen LogP contribution in [0.25, 0.3) is 0 Å². The number of cyclic esters (lactones) is 1. The second-order valence-corrected chi connectivity index (χ2v) is 7.10. The van der Waals surface area contributed by atoms with Gasteiger partial charge in [0.25, 0.3) is 0 Å². The van der Waals surface area contributed by atoms with Crippen molar-refractivity contribution < 1.29 is 18.7 Å². The van der Waals surface area contributed by atoms with Gasteiger partial charge in [0.15, 0.2) is 0 Å². The maximum Gasteiger partial charge on any atom is 0.414 e. The molecule has 9 heteroatoms. The first-order valence-electron chi connectivity index (χ1n) is 9.73. The number of rotatable bonds is 6. The van der Waals surface area contributed by atoms with Crippen LogP contribution in [0, 0.1) is 28.5 Å². The maximum atomic E-state index is 14.8. The number of halogens is 1. The van der Waals surface area contributed by atoms with Crippen molar-refractivity contribution in [2.24, 2.45) is 0 Å². The molecule has 2 heterocycles. The van der Waals surface area contributed by atoms with Crippen molar-refractivity contribution >= 4 is 23.4 Å². The average molecular weight is 411 g/mol. The Morgan fingerprint density at radius 3 is 2.73 bits per heavy atom. The topological polar surface area (TPSA) is 109 Å². The largest absolute Gasteiger partial charge is 0.442 e. The Bertz CT molecular complexity index is 924. The van der Waals surface area contributed by atoms with Crippen molar-refractivity contribution in [1.82, 2.24) is 5.32 Å². The van der Waals surface area contributed by atoms with E-state index < -0.39 is 23.9 Å². The van der Waals surface area contributed by atoms with E-state index in [9.17, 15) is 14.0 Å². The summed E-state index contributed by atoms with van der Waals surface area (Å²) in [6.45, 7) is 1.62. The molecule has 30 heavy (non-hydrogen) atoms. The standard InChI is InChI=1S/C21H22FN5O3/c22-18-12-16(27-14-17(30-21(27)29)13-25-20(28)5-9-24)3-4-19(18)26-10-6-15(7-11-26)2-1-8-23/h2-4,12,17H,1,5-7,10-11,13-14H2,(H,25,28). The van der Waals surface area contributed by atoms with Crippen LogP contribution in [0.4, 0.5) is 20.6 Å².